The van der Waals surface area contributed by atoms with Crippen LogP contribution in [0.25, 0.3) is 0 Å². The van der Waals surface area contributed by atoms with E-state index in [4.69, 9.17) is 39.6 Å². The summed E-state index contributed by atoms with van der Waals surface area (Å²) in [7, 11) is 0. The number of hydrogen-bond donors (Lipinski definition) is 4. The molecule has 0 aromatic carbocycles. The first-order chi connectivity index (χ1) is 5.29. The van der Waals surface area contributed by atoms with Gasteiger partial charge in [-0.05, 0) is 0 Å². The van der Waals surface area contributed by atoms with Gasteiger partial charge in [0.05, 0.1) is 0 Å². The first-order valence-electron chi connectivity index (χ1n) is 2.21. The van der Waals surface area contributed by atoms with Crippen molar-refractivity contribution in [2.75, 3.05) is 0 Å². The van der Waals surface area contributed by atoms with Gasteiger partial charge in [0.2, 0.25) is 0 Å². The monoisotopic (exact) mass is 270 g/mol. The van der Waals surface area contributed by atoms with Crippen LogP contribution in [-0.2, 0) is 47.5 Å². The van der Waals surface area contributed by atoms with E-state index in [-0.39, 0.29) is 28.3 Å². The Hall–Kier alpha value is -1.67. The van der Waals surface area contributed by atoms with E-state index in [1.807, 2.05) is 0 Å². The average molecular weight is 270 g/mol. The topological polar surface area (TPSA) is 215 Å². The minimum atomic E-state index is -1.82. The molecule has 0 aromatic rings. The van der Waals surface area contributed by atoms with Gasteiger partial charge in [-0.25, -0.2) is 19.2 Å². The standard InChI is InChI=1S/2C2H2O4.Cr.2H2O/c2*3-1(4)2(5)6;;;/h2*(H,3,4)(H,5,6);;2*1H2/p+2. The zero-order chi connectivity index (χ0) is 10.3. The fraction of sp³-hybridized carbons (Fsp3) is 0. The summed E-state index contributed by atoms with van der Waals surface area (Å²) >= 11 is 0. The molecule has 0 aliphatic heterocycles. The molecular formula is C4H10CrO10+2. The number of carboxylic acid groups (broad SMARTS) is 4. The van der Waals surface area contributed by atoms with E-state index in [0.717, 1.165) is 0 Å². The Kier molecular flexibility index (Phi) is 28.9. The van der Waals surface area contributed by atoms with Crippen molar-refractivity contribution >= 4 is 23.9 Å². The largest absolute Gasteiger partial charge is 0.473 e. The van der Waals surface area contributed by atoms with E-state index < -0.39 is 23.9 Å². The van der Waals surface area contributed by atoms with Gasteiger partial charge in [0.25, 0.3) is 0 Å². The molecule has 0 unspecified atom stereocenters. The van der Waals surface area contributed by atoms with Crippen molar-refractivity contribution in [3.63, 3.8) is 0 Å². The van der Waals surface area contributed by atoms with Crippen LogP contribution in [-0.4, -0.2) is 44.3 Å². The molecule has 0 radical (unpaired) electrons. The van der Waals surface area contributed by atoms with Crippen LogP contribution in [0, 0.1) is 0 Å². The second kappa shape index (κ2) is 14.8. The van der Waals surface area contributed by atoms with Crippen LogP contribution in [0.1, 0.15) is 0 Å². The van der Waals surface area contributed by atoms with Crippen molar-refractivity contribution in [2.45, 2.75) is 0 Å². The second-order valence-corrected chi connectivity index (χ2v) is 1.22. The average Bonchev–Trinajstić information content (AvgIpc) is 1.88. The Morgan fingerprint density at radius 1 is 0.533 bits per heavy atom. The molecule has 15 heavy (non-hydrogen) atoms. The zero-order valence-electron chi connectivity index (χ0n) is 6.98. The maximum atomic E-state index is 9.10. The molecule has 0 saturated carbocycles. The Labute approximate surface area is 92.5 Å². The van der Waals surface area contributed by atoms with Crippen LogP contribution in [0.2, 0.25) is 0 Å². The summed E-state index contributed by atoms with van der Waals surface area (Å²) in [4.78, 5) is 36.4. The molecule has 0 saturated heterocycles. The van der Waals surface area contributed by atoms with Gasteiger partial charge < -0.3 is 31.4 Å². The van der Waals surface area contributed by atoms with E-state index in [1.54, 1.807) is 0 Å². The maximum Gasteiger partial charge on any atom is 0.414 e. The van der Waals surface area contributed by atoms with E-state index >= 15 is 0 Å². The van der Waals surface area contributed by atoms with Crippen LogP contribution in [0.3, 0.4) is 0 Å². The van der Waals surface area contributed by atoms with Gasteiger partial charge in [-0.3, -0.25) is 0 Å². The van der Waals surface area contributed by atoms with E-state index in [1.165, 1.54) is 0 Å². The second-order valence-electron chi connectivity index (χ2n) is 1.22. The Bertz CT molecular complexity index is 173. The van der Waals surface area contributed by atoms with Gasteiger partial charge >= 0.3 is 23.9 Å². The Morgan fingerprint density at radius 2 is 0.600 bits per heavy atom. The summed E-state index contributed by atoms with van der Waals surface area (Å²) in [5.74, 6) is -7.30. The van der Waals surface area contributed by atoms with Crippen molar-refractivity contribution in [3.05, 3.63) is 0 Å². The molecule has 0 bridgehead atoms. The fourth-order valence-corrected chi connectivity index (χ4v) is 0. The molecular weight excluding hydrogens is 260 g/mol. The molecule has 0 aromatic heterocycles. The van der Waals surface area contributed by atoms with Crippen LogP contribution in [0.5, 0.6) is 0 Å². The molecule has 0 spiro atoms. The normalized spacial score (nSPS) is 5.87. The molecule has 0 rings (SSSR count). The predicted octanol–water partition coefficient (Wildman–Crippen LogP) is -3.54. The first-order valence-corrected chi connectivity index (χ1v) is 2.21. The number of rotatable bonds is 0. The van der Waals surface area contributed by atoms with Crippen molar-refractivity contribution in [3.8, 4) is 0 Å². The number of hydrogen-bond acceptors (Lipinski definition) is 4. The summed E-state index contributed by atoms with van der Waals surface area (Å²) in [6.07, 6.45) is 0. The van der Waals surface area contributed by atoms with Crippen LogP contribution in [0.15, 0.2) is 0 Å². The summed E-state index contributed by atoms with van der Waals surface area (Å²) in [5, 5.41) is 29.6. The summed E-state index contributed by atoms with van der Waals surface area (Å²) < 4.78 is 0. The molecule has 11 heteroatoms. The molecule has 0 aliphatic rings. The van der Waals surface area contributed by atoms with Gasteiger partial charge in [-0.1, -0.05) is 0 Å². The maximum absolute atomic E-state index is 9.10. The van der Waals surface area contributed by atoms with E-state index in [0.29, 0.717) is 0 Å². The van der Waals surface area contributed by atoms with Crippen LogP contribution < -0.4 is 0 Å². The Balaban J connectivity index is -0.0000000370. The van der Waals surface area contributed by atoms with Gasteiger partial charge in [0, 0.05) is 17.4 Å². The van der Waals surface area contributed by atoms with Gasteiger partial charge in [0.15, 0.2) is 0 Å². The van der Waals surface area contributed by atoms with Crippen molar-refractivity contribution in [1.29, 1.82) is 0 Å². The summed E-state index contributed by atoms with van der Waals surface area (Å²) in [6.45, 7) is 0. The van der Waals surface area contributed by atoms with Crippen molar-refractivity contribution in [2.24, 2.45) is 0 Å². The summed E-state index contributed by atoms with van der Waals surface area (Å²) in [5.41, 5.74) is 0. The van der Waals surface area contributed by atoms with Crippen molar-refractivity contribution < 1.29 is 67.9 Å². The molecule has 0 fully saturated rings. The quantitative estimate of drug-likeness (QED) is 0.254. The van der Waals surface area contributed by atoms with Gasteiger partial charge in [-0.15, -0.1) is 0 Å². The molecule has 0 amide bonds. The van der Waals surface area contributed by atoms with Gasteiger partial charge in [0.1, 0.15) is 0 Å². The first kappa shape index (κ1) is 29.2. The molecule has 10 nitrogen and oxygen atoms in total. The molecule has 0 heterocycles. The van der Waals surface area contributed by atoms with Crippen LogP contribution >= 0.6 is 0 Å². The number of carbonyl (C=O) groups is 4. The third kappa shape index (κ3) is 32.8. The number of aliphatic carboxylic acids is 4. The predicted molar refractivity (Wildman–Crippen MR) is 40.3 cm³/mol. The number of carboxylic acids is 4. The fourth-order valence-electron chi connectivity index (χ4n) is 0. The Morgan fingerprint density at radius 3 is 0.600 bits per heavy atom. The minimum Gasteiger partial charge on any atom is -0.473 e. The smallest absolute Gasteiger partial charge is 0.414 e. The third-order valence-corrected chi connectivity index (χ3v) is 0.366. The molecule has 0 atom stereocenters. The minimum absolute atomic E-state index is 0. The molecule has 0 aliphatic carbocycles. The molecule has 90 valence electrons. The van der Waals surface area contributed by atoms with E-state index in [9.17, 15) is 0 Å². The van der Waals surface area contributed by atoms with E-state index in [2.05, 4.69) is 0 Å². The zero-order valence-corrected chi connectivity index (χ0v) is 8.26. The third-order valence-electron chi connectivity index (χ3n) is 0.366. The molecule has 10 N–H and O–H groups in total. The SMILES string of the molecule is O=C(O)C(=O)O.O=C(O)C(=O)O.[Cr].[OH3+].[OH3+]. The van der Waals surface area contributed by atoms with Crippen molar-refractivity contribution in [1.82, 2.24) is 0 Å². The van der Waals surface area contributed by atoms with Gasteiger partial charge in [-0.2, -0.15) is 0 Å². The van der Waals surface area contributed by atoms with Crippen LogP contribution in [0.4, 0.5) is 0 Å². The summed E-state index contributed by atoms with van der Waals surface area (Å²) in [6, 6.07) is 0.